The topological polar surface area (TPSA) is 54.5 Å². The Morgan fingerprint density at radius 2 is 2.05 bits per heavy atom. The van der Waals surface area contributed by atoms with E-state index < -0.39 is 5.82 Å². The smallest absolute Gasteiger partial charge is 0.228 e. The van der Waals surface area contributed by atoms with Crippen LogP contribution in [0.4, 0.5) is 10.1 Å². The number of benzene rings is 1. The molecule has 1 aliphatic heterocycles. The van der Waals surface area contributed by atoms with Crippen LogP contribution in [0.3, 0.4) is 0 Å². The number of nitrogens with zero attached hydrogens (tertiary/aromatic N) is 1. The lowest BCUT2D eigenvalue weighted by molar-refractivity contribution is -0.117. The molecule has 1 aromatic carbocycles. The molecule has 20 heavy (non-hydrogen) atoms. The van der Waals surface area contributed by atoms with Crippen molar-refractivity contribution in [2.45, 2.75) is 25.5 Å². The molecule has 0 N–H and O–H groups in total. The van der Waals surface area contributed by atoms with Crippen molar-refractivity contribution in [3.05, 3.63) is 29.6 Å². The predicted molar refractivity (Wildman–Crippen MR) is 75.4 cm³/mol. The summed E-state index contributed by atoms with van der Waals surface area (Å²) >= 11 is 1.10. The van der Waals surface area contributed by atoms with E-state index in [0.29, 0.717) is 6.54 Å². The van der Waals surface area contributed by atoms with Crippen molar-refractivity contribution in [1.82, 2.24) is 0 Å². The maximum atomic E-state index is 14.0. The van der Waals surface area contributed by atoms with E-state index in [4.69, 9.17) is 0 Å². The number of Topliss-reactive ketones (excluding diaryl/α,β-unsaturated/α-hetero) is 1. The summed E-state index contributed by atoms with van der Waals surface area (Å²) in [5, 5.41) is -0.205. The number of thioether (sulfide) groups is 1. The Bertz CT molecular complexity index is 588. The number of ketones is 1. The first-order valence-corrected chi connectivity index (χ1v) is 7.04. The highest BCUT2D eigenvalue weighted by atomic mass is 32.2. The third kappa shape index (κ3) is 3.07. The molecular weight excluding hydrogens is 281 g/mol. The second-order valence-electron chi connectivity index (χ2n) is 4.66. The van der Waals surface area contributed by atoms with Crippen LogP contribution in [0.5, 0.6) is 0 Å². The van der Waals surface area contributed by atoms with E-state index in [2.05, 4.69) is 0 Å². The van der Waals surface area contributed by atoms with Gasteiger partial charge in [0.2, 0.25) is 5.91 Å². The van der Waals surface area contributed by atoms with Gasteiger partial charge in [-0.3, -0.25) is 14.4 Å². The van der Waals surface area contributed by atoms with Gasteiger partial charge in [0.15, 0.2) is 10.9 Å². The molecule has 1 fully saturated rings. The standard InChI is InChI=1S/C14H14FNO3S/c1-8(17)10-3-4-13(12(15)5-10)16-7-11(6-14(16)19)20-9(2)18/h3-5,11H,6-7H2,1-2H3. The second-order valence-corrected chi connectivity index (χ2v) is 6.14. The molecule has 1 heterocycles. The van der Waals surface area contributed by atoms with E-state index >= 15 is 0 Å². The van der Waals surface area contributed by atoms with Crippen LogP contribution in [0.25, 0.3) is 0 Å². The fourth-order valence-corrected chi connectivity index (χ4v) is 3.09. The molecule has 0 aliphatic carbocycles. The van der Waals surface area contributed by atoms with E-state index in [1.165, 1.54) is 30.9 Å². The SMILES string of the molecule is CC(=O)SC1CC(=O)N(c2ccc(C(C)=O)cc2F)C1. The van der Waals surface area contributed by atoms with Crippen LogP contribution < -0.4 is 4.90 Å². The van der Waals surface area contributed by atoms with Gasteiger partial charge in [0.05, 0.1) is 5.69 Å². The lowest BCUT2D eigenvalue weighted by Crippen LogP contribution is -2.26. The zero-order chi connectivity index (χ0) is 14.9. The molecular formula is C14H14FNO3S. The molecule has 1 amide bonds. The quantitative estimate of drug-likeness (QED) is 0.804. The Morgan fingerprint density at radius 3 is 2.60 bits per heavy atom. The molecule has 1 aliphatic rings. The minimum atomic E-state index is -0.598. The Morgan fingerprint density at radius 1 is 1.35 bits per heavy atom. The second kappa shape index (κ2) is 5.75. The van der Waals surface area contributed by atoms with Crippen LogP contribution in [0, 0.1) is 5.82 Å². The van der Waals surface area contributed by atoms with E-state index in [9.17, 15) is 18.8 Å². The molecule has 4 nitrogen and oxygen atoms in total. The summed E-state index contributed by atoms with van der Waals surface area (Å²) in [7, 11) is 0. The maximum Gasteiger partial charge on any atom is 0.228 e. The van der Waals surface area contributed by atoms with Gasteiger partial charge < -0.3 is 4.90 Å². The summed E-state index contributed by atoms with van der Waals surface area (Å²) in [5.41, 5.74) is 0.430. The summed E-state index contributed by atoms with van der Waals surface area (Å²) in [4.78, 5) is 35.5. The summed E-state index contributed by atoms with van der Waals surface area (Å²) in [6, 6.07) is 4.07. The van der Waals surface area contributed by atoms with Gasteiger partial charge in [0.25, 0.3) is 0 Å². The number of hydrogen-bond donors (Lipinski definition) is 0. The Balaban J connectivity index is 2.22. The molecule has 0 saturated carbocycles. The van der Waals surface area contributed by atoms with Gasteiger partial charge in [0, 0.05) is 30.7 Å². The van der Waals surface area contributed by atoms with Gasteiger partial charge in [-0.2, -0.15) is 0 Å². The van der Waals surface area contributed by atoms with Crippen LogP contribution >= 0.6 is 11.8 Å². The van der Waals surface area contributed by atoms with Crippen LogP contribution in [-0.4, -0.2) is 28.6 Å². The maximum absolute atomic E-state index is 14.0. The average molecular weight is 295 g/mol. The molecule has 0 aromatic heterocycles. The first-order valence-electron chi connectivity index (χ1n) is 6.16. The molecule has 1 saturated heterocycles. The van der Waals surface area contributed by atoms with E-state index in [1.807, 2.05) is 0 Å². The largest absolute Gasteiger partial charge is 0.308 e. The van der Waals surface area contributed by atoms with E-state index in [0.717, 1.165) is 17.8 Å². The van der Waals surface area contributed by atoms with Gasteiger partial charge in [-0.1, -0.05) is 11.8 Å². The van der Waals surface area contributed by atoms with Crippen molar-refractivity contribution in [3.8, 4) is 0 Å². The minimum Gasteiger partial charge on any atom is -0.308 e. The number of carbonyl (C=O) groups is 3. The van der Waals surface area contributed by atoms with Gasteiger partial charge in [-0.25, -0.2) is 4.39 Å². The first kappa shape index (κ1) is 14.7. The number of hydrogen-bond acceptors (Lipinski definition) is 4. The number of rotatable bonds is 3. The Labute approximate surface area is 120 Å². The zero-order valence-corrected chi connectivity index (χ0v) is 12.0. The molecule has 1 unspecified atom stereocenters. The highest BCUT2D eigenvalue weighted by Gasteiger charge is 2.33. The average Bonchev–Trinajstić information content (AvgIpc) is 2.68. The van der Waals surface area contributed by atoms with Gasteiger partial charge in [0.1, 0.15) is 5.82 Å². The molecule has 1 aromatic rings. The fourth-order valence-electron chi connectivity index (χ4n) is 2.17. The highest BCUT2D eigenvalue weighted by molar-refractivity contribution is 8.14. The number of halogens is 1. The van der Waals surface area contributed by atoms with E-state index in [-0.39, 0.29) is 39.7 Å². The molecule has 6 heteroatoms. The van der Waals surface area contributed by atoms with Crippen LogP contribution in [0.15, 0.2) is 18.2 Å². The van der Waals surface area contributed by atoms with Crippen LogP contribution in [0.2, 0.25) is 0 Å². The predicted octanol–water partition coefficient (Wildman–Crippen LogP) is 2.41. The van der Waals surface area contributed by atoms with E-state index in [1.54, 1.807) is 0 Å². The van der Waals surface area contributed by atoms with Crippen molar-refractivity contribution in [2.75, 3.05) is 11.4 Å². The van der Waals surface area contributed by atoms with Crippen molar-refractivity contribution >= 4 is 34.3 Å². The Kier molecular flexibility index (Phi) is 4.23. The summed E-state index contributed by atoms with van der Waals surface area (Å²) in [6.07, 6.45) is 0.220. The number of carbonyl (C=O) groups excluding carboxylic acids is 3. The first-order chi connectivity index (χ1) is 9.38. The lowest BCUT2D eigenvalue weighted by Gasteiger charge is -2.17. The van der Waals surface area contributed by atoms with Gasteiger partial charge >= 0.3 is 0 Å². The van der Waals surface area contributed by atoms with Crippen molar-refractivity contribution in [2.24, 2.45) is 0 Å². The minimum absolute atomic E-state index is 0.0583. The third-order valence-electron chi connectivity index (χ3n) is 3.07. The van der Waals surface area contributed by atoms with Crippen molar-refractivity contribution in [1.29, 1.82) is 0 Å². The lowest BCUT2D eigenvalue weighted by atomic mass is 10.1. The number of amides is 1. The fraction of sp³-hybridized carbons (Fsp3) is 0.357. The van der Waals surface area contributed by atoms with Crippen LogP contribution in [0.1, 0.15) is 30.6 Å². The van der Waals surface area contributed by atoms with Crippen LogP contribution in [-0.2, 0) is 9.59 Å². The molecule has 0 spiro atoms. The van der Waals surface area contributed by atoms with Crippen molar-refractivity contribution in [3.63, 3.8) is 0 Å². The molecule has 1 atom stereocenters. The third-order valence-corrected chi connectivity index (χ3v) is 4.05. The molecule has 2 rings (SSSR count). The molecule has 106 valence electrons. The highest BCUT2D eigenvalue weighted by Crippen LogP contribution is 2.30. The Hall–Kier alpha value is -1.69. The monoisotopic (exact) mass is 295 g/mol. The van der Waals surface area contributed by atoms with Gasteiger partial charge in [-0.15, -0.1) is 0 Å². The molecule has 0 radical (unpaired) electrons. The molecule has 0 bridgehead atoms. The summed E-state index contributed by atoms with van der Waals surface area (Å²) < 4.78 is 14.0. The normalized spacial score (nSPS) is 18.4. The van der Waals surface area contributed by atoms with Crippen molar-refractivity contribution < 1.29 is 18.8 Å². The summed E-state index contributed by atoms with van der Waals surface area (Å²) in [6.45, 7) is 3.11. The summed E-state index contributed by atoms with van der Waals surface area (Å²) in [5.74, 6) is -1.04. The zero-order valence-electron chi connectivity index (χ0n) is 11.2. The van der Waals surface area contributed by atoms with Gasteiger partial charge in [-0.05, 0) is 25.1 Å². The number of anilines is 1.